The molecule has 2 aromatic carbocycles. The molecule has 0 saturated carbocycles. The van der Waals surface area contributed by atoms with E-state index in [1.54, 1.807) is 0 Å². The van der Waals surface area contributed by atoms with Crippen molar-refractivity contribution in [2.75, 3.05) is 25.5 Å². The number of nitrogens with one attached hydrogen (secondary N) is 1. The summed E-state index contributed by atoms with van der Waals surface area (Å²) in [5.41, 5.74) is 0.964. The number of piperidine rings is 1. The van der Waals surface area contributed by atoms with Crippen molar-refractivity contribution >= 4 is 28.9 Å². The van der Waals surface area contributed by atoms with E-state index in [-0.39, 0.29) is 35.2 Å². The van der Waals surface area contributed by atoms with E-state index < -0.39 is 23.2 Å². The molecule has 0 spiro atoms. The summed E-state index contributed by atoms with van der Waals surface area (Å²) >= 11 is 5.78. The number of carbonyl (C=O) groups excluding carboxylic acids is 1. The van der Waals surface area contributed by atoms with Gasteiger partial charge in [0.1, 0.15) is 11.7 Å². The Balaban J connectivity index is 1.61. The van der Waals surface area contributed by atoms with Crippen LogP contribution in [0.25, 0.3) is 0 Å². The molecule has 1 unspecified atom stereocenters. The van der Waals surface area contributed by atoms with E-state index in [0.717, 1.165) is 32.0 Å². The zero-order chi connectivity index (χ0) is 21.4. The van der Waals surface area contributed by atoms with Crippen molar-refractivity contribution in [3.8, 4) is 0 Å². The van der Waals surface area contributed by atoms with Crippen LogP contribution in [0.4, 0.5) is 18.9 Å². The number of aliphatic imine (C=N–C) groups is 1. The van der Waals surface area contributed by atoms with Crippen molar-refractivity contribution in [2.24, 2.45) is 4.99 Å². The maximum atomic E-state index is 14.4. The molecule has 2 aromatic rings. The molecule has 2 aliphatic heterocycles. The van der Waals surface area contributed by atoms with Gasteiger partial charge in [-0.3, -0.25) is 9.79 Å². The molecule has 1 N–H and O–H groups in total. The number of anilines is 1. The lowest BCUT2D eigenvalue weighted by atomic mass is 9.96. The fourth-order valence-electron chi connectivity index (χ4n) is 4.06. The SMILES string of the molecule is CN1CCCC(N=C2Cc3c(C(=O)Cc4ccc(F)c(Cl)c4)cc(F)c(F)c3N2)C1. The fraction of sp³-hybridized carbons (Fsp3) is 0.364. The second-order valence-corrected chi connectivity index (χ2v) is 8.26. The van der Waals surface area contributed by atoms with Gasteiger partial charge in [-0.05, 0) is 55.8 Å². The molecule has 4 nitrogen and oxygen atoms in total. The Morgan fingerprint density at radius 1 is 1.27 bits per heavy atom. The third-order valence-electron chi connectivity index (χ3n) is 5.53. The minimum Gasteiger partial charge on any atom is -0.341 e. The van der Waals surface area contributed by atoms with Crippen molar-refractivity contribution in [3.63, 3.8) is 0 Å². The van der Waals surface area contributed by atoms with E-state index in [2.05, 4.69) is 15.2 Å². The molecule has 2 aliphatic rings. The summed E-state index contributed by atoms with van der Waals surface area (Å²) < 4.78 is 42.0. The van der Waals surface area contributed by atoms with Gasteiger partial charge in [-0.15, -0.1) is 0 Å². The first-order chi connectivity index (χ1) is 14.3. The number of likely N-dealkylation sites (N-methyl/N-ethyl adjacent to an activating group) is 1. The molecule has 4 rings (SSSR count). The quantitative estimate of drug-likeness (QED) is 0.711. The first-order valence-corrected chi connectivity index (χ1v) is 10.2. The van der Waals surface area contributed by atoms with Gasteiger partial charge >= 0.3 is 0 Å². The first kappa shape index (κ1) is 20.9. The molecule has 8 heteroatoms. The van der Waals surface area contributed by atoms with Crippen molar-refractivity contribution in [3.05, 3.63) is 63.4 Å². The summed E-state index contributed by atoms with van der Waals surface area (Å²) in [5.74, 6) is -2.56. The smallest absolute Gasteiger partial charge is 0.182 e. The third kappa shape index (κ3) is 4.23. The molecule has 158 valence electrons. The number of hydrogen-bond donors (Lipinski definition) is 1. The van der Waals surface area contributed by atoms with Crippen molar-refractivity contribution in [2.45, 2.75) is 31.7 Å². The molecule has 0 bridgehead atoms. The van der Waals surface area contributed by atoms with Crippen LogP contribution < -0.4 is 5.32 Å². The number of likely N-dealkylation sites (tertiary alicyclic amines) is 1. The van der Waals surface area contributed by atoms with Gasteiger partial charge in [0, 0.05) is 24.9 Å². The normalized spacial score (nSPS) is 20.3. The maximum absolute atomic E-state index is 14.4. The molecule has 1 fully saturated rings. The monoisotopic (exact) mass is 435 g/mol. The Hall–Kier alpha value is -2.38. The number of carbonyl (C=O) groups is 1. The number of benzene rings is 2. The lowest BCUT2D eigenvalue weighted by molar-refractivity contribution is 0.0992. The summed E-state index contributed by atoms with van der Waals surface area (Å²) in [6.07, 6.45) is 2.09. The summed E-state index contributed by atoms with van der Waals surface area (Å²) in [6.45, 7) is 1.82. The van der Waals surface area contributed by atoms with Crippen LogP contribution in [0.15, 0.2) is 29.3 Å². The van der Waals surface area contributed by atoms with E-state index in [4.69, 9.17) is 11.6 Å². The molecule has 0 amide bonds. The number of halogens is 4. The Bertz CT molecular complexity index is 1040. The molecular formula is C22H21ClF3N3O. The van der Waals surface area contributed by atoms with Gasteiger partial charge in [0.15, 0.2) is 17.4 Å². The molecule has 1 atom stereocenters. The highest BCUT2D eigenvalue weighted by Gasteiger charge is 2.29. The second-order valence-electron chi connectivity index (χ2n) is 7.86. The van der Waals surface area contributed by atoms with E-state index in [1.807, 2.05) is 7.05 Å². The molecule has 0 aromatic heterocycles. The van der Waals surface area contributed by atoms with Crippen molar-refractivity contribution in [1.82, 2.24) is 4.90 Å². The number of amidine groups is 1. The Morgan fingerprint density at radius 2 is 2.07 bits per heavy atom. The van der Waals surface area contributed by atoms with E-state index >= 15 is 0 Å². The van der Waals surface area contributed by atoms with Crippen LogP contribution in [0.2, 0.25) is 5.02 Å². The van der Waals surface area contributed by atoms with Gasteiger partial charge < -0.3 is 10.2 Å². The van der Waals surface area contributed by atoms with Gasteiger partial charge in [0.05, 0.1) is 16.8 Å². The summed E-state index contributed by atoms with van der Waals surface area (Å²) in [6, 6.07) is 4.99. The number of hydrogen-bond acceptors (Lipinski definition) is 3. The van der Waals surface area contributed by atoms with Crippen LogP contribution >= 0.6 is 11.6 Å². The van der Waals surface area contributed by atoms with Gasteiger partial charge in [0.2, 0.25) is 0 Å². The standard InChI is InChI=1S/C22H21ClF3N3O/c1-29-6-2-3-13(11-29)27-20-10-15-14(9-18(25)21(26)22(15)28-20)19(30)8-12-4-5-17(24)16(23)7-12/h4-5,7,9,13H,2-3,6,8,10-11H2,1H3,(H,27,28). The Labute approximate surface area is 177 Å². The second kappa shape index (κ2) is 8.40. The largest absolute Gasteiger partial charge is 0.341 e. The molecule has 2 heterocycles. The highest BCUT2D eigenvalue weighted by atomic mass is 35.5. The molecule has 0 aliphatic carbocycles. The van der Waals surface area contributed by atoms with Crippen molar-refractivity contribution in [1.29, 1.82) is 0 Å². The van der Waals surface area contributed by atoms with Gasteiger partial charge in [-0.1, -0.05) is 17.7 Å². The van der Waals surface area contributed by atoms with Gasteiger partial charge in [-0.25, -0.2) is 13.2 Å². The van der Waals surface area contributed by atoms with Crippen LogP contribution in [0, 0.1) is 17.5 Å². The number of rotatable bonds is 4. The van der Waals surface area contributed by atoms with Crippen LogP contribution in [0.3, 0.4) is 0 Å². The average Bonchev–Trinajstić information content (AvgIpc) is 3.11. The summed E-state index contributed by atoms with van der Waals surface area (Å²) in [4.78, 5) is 19.7. The van der Waals surface area contributed by atoms with Crippen LogP contribution in [0.5, 0.6) is 0 Å². The lowest BCUT2D eigenvalue weighted by Gasteiger charge is -2.27. The zero-order valence-corrected chi connectivity index (χ0v) is 17.2. The number of nitrogens with zero attached hydrogens (tertiary/aromatic N) is 2. The molecule has 30 heavy (non-hydrogen) atoms. The predicted octanol–water partition coefficient (Wildman–Crippen LogP) is 4.64. The highest BCUT2D eigenvalue weighted by molar-refractivity contribution is 6.30. The van der Waals surface area contributed by atoms with Gasteiger partial charge in [-0.2, -0.15) is 0 Å². The highest BCUT2D eigenvalue weighted by Crippen LogP contribution is 2.33. The van der Waals surface area contributed by atoms with E-state index in [0.29, 0.717) is 17.0 Å². The third-order valence-corrected chi connectivity index (χ3v) is 5.82. The average molecular weight is 436 g/mol. The van der Waals surface area contributed by atoms with Crippen LogP contribution in [0.1, 0.15) is 34.3 Å². The number of ketones is 1. The number of Topliss-reactive ketones (excluding diaryl/α,β-unsaturated/α-hetero) is 1. The lowest BCUT2D eigenvalue weighted by Crippen LogP contribution is -2.35. The molecular weight excluding hydrogens is 415 g/mol. The Kier molecular flexibility index (Phi) is 5.84. The number of fused-ring (bicyclic) bond motifs is 1. The maximum Gasteiger partial charge on any atom is 0.182 e. The van der Waals surface area contributed by atoms with Crippen LogP contribution in [-0.4, -0.2) is 42.7 Å². The summed E-state index contributed by atoms with van der Waals surface area (Å²) in [7, 11) is 2.02. The Morgan fingerprint density at radius 3 is 2.80 bits per heavy atom. The minimum atomic E-state index is -1.10. The predicted molar refractivity (Wildman–Crippen MR) is 111 cm³/mol. The van der Waals surface area contributed by atoms with Crippen molar-refractivity contribution < 1.29 is 18.0 Å². The zero-order valence-electron chi connectivity index (χ0n) is 16.4. The van der Waals surface area contributed by atoms with E-state index in [9.17, 15) is 18.0 Å². The van der Waals surface area contributed by atoms with Gasteiger partial charge in [0.25, 0.3) is 0 Å². The minimum absolute atomic E-state index is 0.0293. The molecule has 1 saturated heterocycles. The molecule has 0 radical (unpaired) electrons. The topological polar surface area (TPSA) is 44.7 Å². The summed E-state index contributed by atoms with van der Waals surface area (Å²) in [5, 5.41) is 2.78. The van der Waals surface area contributed by atoms with Crippen LogP contribution in [-0.2, 0) is 12.8 Å². The fourth-order valence-corrected chi connectivity index (χ4v) is 4.26. The first-order valence-electron chi connectivity index (χ1n) is 9.82. The van der Waals surface area contributed by atoms with E-state index in [1.165, 1.54) is 18.2 Å².